The molecule has 3 atom stereocenters. The van der Waals surface area contributed by atoms with Gasteiger partial charge in [-0.1, -0.05) is 19.0 Å². The highest BCUT2D eigenvalue weighted by molar-refractivity contribution is 8.00. The van der Waals surface area contributed by atoms with E-state index in [9.17, 15) is 0 Å². The summed E-state index contributed by atoms with van der Waals surface area (Å²) in [5, 5.41) is 12.9. The van der Waals surface area contributed by atoms with Crippen LogP contribution in [0.4, 0.5) is 0 Å². The van der Waals surface area contributed by atoms with Crippen molar-refractivity contribution < 1.29 is 5.21 Å². The van der Waals surface area contributed by atoms with E-state index in [0.717, 1.165) is 13.1 Å². The smallest absolute Gasteiger partial charge is 0.140 e. The summed E-state index contributed by atoms with van der Waals surface area (Å²) in [5.74, 6) is 0.320. The molecule has 3 unspecified atom stereocenters. The van der Waals surface area contributed by atoms with Gasteiger partial charge in [0, 0.05) is 36.1 Å². The zero-order chi connectivity index (χ0) is 11.4. The van der Waals surface area contributed by atoms with Gasteiger partial charge in [0.1, 0.15) is 5.84 Å². The summed E-state index contributed by atoms with van der Waals surface area (Å²) in [6.07, 6.45) is 0.639. The van der Waals surface area contributed by atoms with Gasteiger partial charge in [0.15, 0.2) is 0 Å². The van der Waals surface area contributed by atoms with E-state index in [2.05, 4.69) is 30.8 Å². The van der Waals surface area contributed by atoms with E-state index >= 15 is 0 Å². The third-order valence-electron chi connectivity index (χ3n) is 2.70. The minimum Gasteiger partial charge on any atom is -0.409 e. The van der Waals surface area contributed by atoms with Crippen LogP contribution in [0.15, 0.2) is 5.16 Å². The van der Waals surface area contributed by atoms with Gasteiger partial charge in [-0.15, -0.1) is 0 Å². The Kier molecular flexibility index (Phi) is 4.73. The topological polar surface area (TPSA) is 61.8 Å². The molecule has 3 N–H and O–H groups in total. The van der Waals surface area contributed by atoms with Crippen LogP contribution in [0.1, 0.15) is 27.2 Å². The molecule has 1 aliphatic rings. The second-order valence-electron chi connectivity index (χ2n) is 4.36. The maximum absolute atomic E-state index is 8.53. The number of oxime groups is 1. The van der Waals surface area contributed by atoms with Crippen LogP contribution in [0.3, 0.4) is 0 Å². The van der Waals surface area contributed by atoms with Gasteiger partial charge in [-0.3, -0.25) is 4.90 Å². The van der Waals surface area contributed by atoms with Crippen molar-refractivity contribution in [2.24, 2.45) is 10.9 Å². The largest absolute Gasteiger partial charge is 0.409 e. The van der Waals surface area contributed by atoms with Gasteiger partial charge >= 0.3 is 0 Å². The molecule has 88 valence electrons. The molecule has 1 rings (SSSR count). The van der Waals surface area contributed by atoms with Crippen molar-refractivity contribution in [1.82, 2.24) is 4.90 Å². The number of amidine groups is 1. The van der Waals surface area contributed by atoms with E-state index in [4.69, 9.17) is 10.9 Å². The van der Waals surface area contributed by atoms with E-state index < -0.39 is 0 Å². The van der Waals surface area contributed by atoms with E-state index in [1.54, 1.807) is 0 Å². The molecule has 1 saturated heterocycles. The van der Waals surface area contributed by atoms with Crippen molar-refractivity contribution in [1.29, 1.82) is 0 Å². The van der Waals surface area contributed by atoms with Crippen molar-refractivity contribution in [2.45, 2.75) is 43.7 Å². The summed E-state index contributed by atoms with van der Waals surface area (Å²) in [7, 11) is 0. The average Bonchev–Trinajstić information content (AvgIpc) is 2.16. The zero-order valence-corrected chi connectivity index (χ0v) is 10.5. The van der Waals surface area contributed by atoms with Crippen molar-refractivity contribution >= 4 is 17.6 Å². The average molecular weight is 231 g/mol. The Bertz CT molecular complexity index is 225. The van der Waals surface area contributed by atoms with Crippen LogP contribution in [0.5, 0.6) is 0 Å². The predicted octanol–water partition coefficient (Wildman–Crippen LogP) is 1.34. The number of hydrogen-bond acceptors (Lipinski definition) is 4. The lowest BCUT2D eigenvalue weighted by Crippen LogP contribution is -2.46. The maximum Gasteiger partial charge on any atom is 0.140 e. The third-order valence-corrected chi connectivity index (χ3v) is 3.93. The summed E-state index contributed by atoms with van der Waals surface area (Å²) < 4.78 is 0. The van der Waals surface area contributed by atoms with Crippen molar-refractivity contribution in [2.75, 3.05) is 13.1 Å². The molecule has 0 saturated carbocycles. The molecule has 0 aliphatic carbocycles. The highest BCUT2D eigenvalue weighted by Gasteiger charge is 2.25. The Balaban J connectivity index is 2.48. The SMILES string of the molecule is CC1CN(C(C)CC(N)=NO)CC(C)S1. The molecule has 0 aromatic heterocycles. The van der Waals surface area contributed by atoms with Crippen LogP contribution in [-0.2, 0) is 0 Å². The minimum absolute atomic E-state index is 0.320. The van der Waals surface area contributed by atoms with Crippen molar-refractivity contribution in [3.05, 3.63) is 0 Å². The molecule has 0 aromatic carbocycles. The summed E-state index contributed by atoms with van der Waals surface area (Å²) in [6, 6.07) is 0.353. The van der Waals surface area contributed by atoms with Gasteiger partial charge in [0.2, 0.25) is 0 Å². The lowest BCUT2D eigenvalue weighted by molar-refractivity contribution is 0.209. The van der Waals surface area contributed by atoms with E-state index in [1.807, 2.05) is 11.8 Å². The molecule has 4 nitrogen and oxygen atoms in total. The molecular formula is C10H21N3OS. The Morgan fingerprint density at radius 2 is 2.07 bits per heavy atom. The van der Waals surface area contributed by atoms with Crippen LogP contribution in [0.25, 0.3) is 0 Å². The number of thioether (sulfide) groups is 1. The molecule has 0 spiro atoms. The van der Waals surface area contributed by atoms with Crippen LogP contribution in [-0.4, -0.2) is 45.6 Å². The van der Waals surface area contributed by atoms with E-state index in [0.29, 0.717) is 28.8 Å². The first-order valence-electron chi connectivity index (χ1n) is 5.38. The molecule has 1 heterocycles. The Hall–Kier alpha value is -0.420. The molecule has 15 heavy (non-hydrogen) atoms. The van der Waals surface area contributed by atoms with Gasteiger partial charge in [0.05, 0.1) is 0 Å². The standard InChI is InChI=1S/C10H21N3OS/c1-7(4-10(11)12-14)13-5-8(2)15-9(3)6-13/h7-9,14H,4-6H2,1-3H3,(H2,11,12). The quantitative estimate of drug-likeness (QED) is 0.333. The van der Waals surface area contributed by atoms with Crippen LogP contribution in [0, 0.1) is 0 Å². The fourth-order valence-electron chi connectivity index (χ4n) is 2.05. The Morgan fingerprint density at radius 1 is 1.53 bits per heavy atom. The fourth-order valence-corrected chi connectivity index (χ4v) is 3.40. The van der Waals surface area contributed by atoms with Gasteiger partial charge < -0.3 is 10.9 Å². The molecule has 1 aliphatic heterocycles. The van der Waals surface area contributed by atoms with Crippen LogP contribution in [0.2, 0.25) is 0 Å². The number of rotatable bonds is 3. The van der Waals surface area contributed by atoms with Gasteiger partial charge in [-0.05, 0) is 6.92 Å². The third kappa shape index (κ3) is 3.91. The number of nitrogens with two attached hydrogens (primary N) is 1. The molecule has 5 heteroatoms. The molecule has 0 bridgehead atoms. The first-order chi connectivity index (χ1) is 7.02. The Morgan fingerprint density at radius 3 is 2.53 bits per heavy atom. The van der Waals surface area contributed by atoms with Gasteiger partial charge in [-0.2, -0.15) is 11.8 Å². The van der Waals surface area contributed by atoms with Crippen molar-refractivity contribution in [3.63, 3.8) is 0 Å². The molecule has 1 fully saturated rings. The zero-order valence-electron chi connectivity index (χ0n) is 9.68. The molecule has 0 radical (unpaired) electrons. The van der Waals surface area contributed by atoms with Gasteiger partial charge in [-0.25, -0.2) is 0 Å². The summed E-state index contributed by atoms with van der Waals surface area (Å²) in [5.41, 5.74) is 5.52. The fraction of sp³-hybridized carbons (Fsp3) is 0.900. The minimum atomic E-state index is 0.320. The molecule has 0 aromatic rings. The van der Waals surface area contributed by atoms with E-state index in [1.165, 1.54) is 0 Å². The van der Waals surface area contributed by atoms with E-state index in [-0.39, 0.29) is 0 Å². The lowest BCUT2D eigenvalue weighted by Gasteiger charge is -2.38. The summed E-state index contributed by atoms with van der Waals surface area (Å²) in [4.78, 5) is 2.42. The van der Waals surface area contributed by atoms with Crippen LogP contribution < -0.4 is 5.73 Å². The first kappa shape index (κ1) is 12.6. The highest BCUT2D eigenvalue weighted by atomic mass is 32.2. The number of nitrogens with zero attached hydrogens (tertiary/aromatic N) is 2. The molecular weight excluding hydrogens is 210 g/mol. The van der Waals surface area contributed by atoms with Crippen molar-refractivity contribution in [3.8, 4) is 0 Å². The monoisotopic (exact) mass is 231 g/mol. The normalized spacial score (nSPS) is 31.5. The Labute approximate surface area is 95.9 Å². The van der Waals surface area contributed by atoms with Gasteiger partial charge in [0.25, 0.3) is 0 Å². The predicted molar refractivity (Wildman–Crippen MR) is 65.6 cm³/mol. The highest BCUT2D eigenvalue weighted by Crippen LogP contribution is 2.26. The second kappa shape index (κ2) is 5.61. The van der Waals surface area contributed by atoms with Crippen LogP contribution >= 0.6 is 11.8 Å². The summed E-state index contributed by atoms with van der Waals surface area (Å²) >= 11 is 2.03. The lowest BCUT2D eigenvalue weighted by atomic mass is 10.1. The maximum atomic E-state index is 8.53. The first-order valence-corrected chi connectivity index (χ1v) is 6.33. The second-order valence-corrected chi connectivity index (χ2v) is 6.24. The molecule has 0 amide bonds. The number of hydrogen-bond donors (Lipinski definition) is 2. The summed E-state index contributed by atoms with van der Waals surface area (Å²) in [6.45, 7) is 8.82.